The molecule has 1 aliphatic rings. The lowest BCUT2D eigenvalue weighted by atomic mass is 9.96. The second-order valence-corrected chi connectivity index (χ2v) is 6.04. The predicted octanol–water partition coefficient (Wildman–Crippen LogP) is 0.344. The van der Waals surface area contributed by atoms with Gasteiger partial charge in [0.25, 0.3) is 0 Å². The van der Waals surface area contributed by atoms with E-state index >= 15 is 0 Å². The zero-order valence-electron chi connectivity index (χ0n) is 10.2. The molecule has 0 saturated heterocycles. The van der Waals surface area contributed by atoms with Crippen LogP contribution in [0, 0.1) is 5.92 Å². The van der Waals surface area contributed by atoms with Crippen molar-refractivity contribution in [2.45, 2.75) is 37.8 Å². The number of amides is 1. The topological polar surface area (TPSA) is 75.3 Å². The monoisotopic (exact) mass is 246 g/mol. The summed E-state index contributed by atoms with van der Waals surface area (Å²) in [5, 5.41) is 12.6. The first-order chi connectivity index (χ1) is 7.29. The molecule has 5 heteroatoms. The number of nitrogens with two attached hydrogens (primary N) is 1. The van der Waals surface area contributed by atoms with Crippen LogP contribution < -0.4 is 11.1 Å². The highest BCUT2D eigenvalue weighted by molar-refractivity contribution is 7.98. The maximum absolute atomic E-state index is 11.8. The maximum Gasteiger partial charge on any atom is 0.240 e. The number of hydrogen-bond donors (Lipinski definition) is 3. The van der Waals surface area contributed by atoms with Crippen molar-refractivity contribution in [2.24, 2.45) is 11.7 Å². The molecule has 1 rings (SSSR count). The number of carbonyl (C=O) groups is 1. The minimum absolute atomic E-state index is 0.156. The Hall–Kier alpha value is -0.260. The summed E-state index contributed by atoms with van der Waals surface area (Å²) in [6.45, 7) is 3.74. The Kier molecular flexibility index (Phi) is 4.26. The molecule has 1 aliphatic carbocycles. The van der Waals surface area contributed by atoms with Crippen LogP contribution in [0.2, 0.25) is 0 Å². The molecule has 0 aromatic carbocycles. The number of hydrogen-bond acceptors (Lipinski definition) is 4. The van der Waals surface area contributed by atoms with Crippen LogP contribution in [0.3, 0.4) is 0 Å². The number of thioether (sulfide) groups is 1. The molecule has 0 spiro atoms. The van der Waals surface area contributed by atoms with Gasteiger partial charge < -0.3 is 16.2 Å². The Labute approximate surface area is 101 Å². The van der Waals surface area contributed by atoms with Crippen molar-refractivity contribution >= 4 is 17.7 Å². The Morgan fingerprint density at radius 1 is 1.56 bits per heavy atom. The Bertz CT molecular complexity index is 263. The summed E-state index contributed by atoms with van der Waals surface area (Å²) in [5.41, 5.74) is 4.32. The van der Waals surface area contributed by atoms with E-state index in [2.05, 4.69) is 5.32 Å². The Balaban J connectivity index is 2.40. The second kappa shape index (κ2) is 4.94. The van der Waals surface area contributed by atoms with Crippen LogP contribution in [0.15, 0.2) is 0 Å². The van der Waals surface area contributed by atoms with E-state index in [1.807, 2.05) is 6.26 Å². The largest absolute Gasteiger partial charge is 0.387 e. The first-order valence-electron chi connectivity index (χ1n) is 5.58. The second-order valence-electron chi connectivity index (χ2n) is 5.17. The van der Waals surface area contributed by atoms with Crippen LogP contribution in [-0.2, 0) is 4.79 Å². The summed E-state index contributed by atoms with van der Waals surface area (Å²) in [7, 11) is 0. The lowest BCUT2D eigenvalue weighted by Crippen LogP contribution is -2.56. The minimum Gasteiger partial charge on any atom is -0.387 e. The fourth-order valence-electron chi connectivity index (χ4n) is 1.69. The van der Waals surface area contributed by atoms with Gasteiger partial charge in [0.1, 0.15) is 0 Å². The number of rotatable bonds is 6. The molecule has 94 valence electrons. The quantitative estimate of drug-likeness (QED) is 0.632. The molecule has 0 aliphatic heterocycles. The third-order valence-corrected chi connectivity index (χ3v) is 3.91. The molecule has 0 heterocycles. The van der Waals surface area contributed by atoms with Gasteiger partial charge in [0, 0.05) is 12.3 Å². The van der Waals surface area contributed by atoms with E-state index in [0.717, 1.165) is 12.8 Å². The van der Waals surface area contributed by atoms with Crippen molar-refractivity contribution in [3.63, 3.8) is 0 Å². The standard InChI is InChI=1S/C11H22N2O2S/c1-10(15,7-16-3)6-13-9(14)11(2,12)8-4-5-8/h8,15H,4-7,12H2,1-3H3,(H,13,14). The van der Waals surface area contributed by atoms with Crippen molar-refractivity contribution in [1.29, 1.82) is 0 Å². The minimum atomic E-state index is -0.866. The van der Waals surface area contributed by atoms with Gasteiger partial charge in [-0.25, -0.2) is 0 Å². The van der Waals surface area contributed by atoms with E-state index < -0.39 is 11.1 Å². The first-order valence-corrected chi connectivity index (χ1v) is 6.97. The van der Waals surface area contributed by atoms with Crippen LogP contribution in [0.25, 0.3) is 0 Å². The predicted molar refractivity (Wildman–Crippen MR) is 67.3 cm³/mol. The summed E-state index contributed by atoms with van der Waals surface area (Å²) < 4.78 is 0. The molecule has 2 atom stereocenters. The third-order valence-electron chi connectivity index (χ3n) is 3.00. The van der Waals surface area contributed by atoms with Gasteiger partial charge in [0.15, 0.2) is 0 Å². The summed E-state index contributed by atoms with van der Waals surface area (Å²) in [6.07, 6.45) is 3.98. The average molecular weight is 246 g/mol. The van der Waals surface area contributed by atoms with Gasteiger partial charge in [-0.15, -0.1) is 0 Å². The molecule has 0 bridgehead atoms. The van der Waals surface area contributed by atoms with Gasteiger partial charge in [-0.3, -0.25) is 4.79 Å². The Morgan fingerprint density at radius 3 is 2.56 bits per heavy atom. The fraction of sp³-hybridized carbons (Fsp3) is 0.909. The fourth-order valence-corrected chi connectivity index (χ4v) is 2.42. The van der Waals surface area contributed by atoms with E-state index in [1.165, 1.54) is 0 Å². The van der Waals surface area contributed by atoms with Gasteiger partial charge in [-0.2, -0.15) is 11.8 Å². The van der Waals surface area contributed by atoms with Crippen molar-refractivity contribution in [2.75, 3.05) is 18.6 Å². The molecule has 0 aromatic heterocycles. The molecular formula is C11H22N2O2S. The highest BCUT2D eigenvalue weighted by Gasteiger charge is 2.44. The molecular weight excluding hydrogens is 224 g/mol. The zero-order chi connectivity index (χ0) is 12.4. The van der Waals surface area contributed by atoms with Crippen LogP contribution in [-0.4, -0.2) is 40.7 Å². The molecule has 4 N–H and O–H groups in total. The van der Waals surface area contributed by atoms with Gasteiger partial charge in [0.05, 0.1) is 11.1 Å². The van der Waals surface area contributed by atoms with Crippen molar-refractivity contribution in [3.05, 3.63) is 0 Å². The third kappa shape index (κ3) is 3.64. The van der Waals surface area contributed by atoms with E-state index in [0.29, 0.717) is 11.7 Å². The smallest absolute Gasteiger partial charge is 0.240 e. The summed E-state index contributed by atoms with van der Waals surface area (Å²) >= 11 is 1.55. The van der Waals surface area contributed by atoms with Crippen LogP contribution in [0.5, 0.6) is 0 Å². The van der Waals surface area contributed by atoms with Gasteiger partial charge in [-0.1, -0.05) is 0 Å². The molecule has 0 aromatic rings. The first kappa shape index (κ1) is 13.8. The van der Waals surface area contributed by atoms with Crippen LogP contribution in [0.1, 0.15) is 26.7 Å². The molecule has 4 nitrogen and oxygen atoms in total. The van der Waals surface area contributed by atoms with Crippen molar-refractivity contribution in [1.82, 2.24) is 5.32 Å². The molecule has 1 saturated carbocycles. The number of nitrogens with one attached hydrogen (secondary N) is 1. The molecule has 0 radical (unpaired) electrons. The average Bonchev–Trinajstić information content (AvgIpc) is 2.97. The lowest BCUT2D eigenvalue weighted by Gasteiger charge is -2.27. The molecule has 1 amide bonds. The zero-order valence-corrected chi connectivity index (χ0v) is 11.1. The summed E-state index contributed by atoms with van der Waals surface area (Å²) in [4.78, 5) is 11.8. The molecule has 2 unspecified atom stereocenters. The highest BCUT2D eigenvalue weighted by atomic mass is 32.2. The molecule has 16 heavy (non-hydrogen) atoms. The SMILES string of the molecule is CSCC(C)(O)CNC(=O)C(C)(N)C1CC1. The van der Waals surface area contributed by atoms with Crippen LogP contribution >= 0.6 is 11.8 Å². The van der Waals surface area contributed by atoms with Gasteiger partial charge in [-0.05, 0) is 38.9 Å². The van der Waals surface area contributed by atoms with E-state index in [9.17, 15) is 9.90 Å². The summed E-state index contributed by atoms with van der Waals surface area (Å²) in [5.74, 6) is 0.743. The molecule has 1 fully saturated rings. The normalized spacial score (nSPS) is 23.3. The maximum atomic E-state index is 11.8. The van der Waals surface area contributed by atoms with Gasteiger partial charge in [0.2, 0.25) is 5.91 Å². The lowest BCUT2D eigenvalue weighted by molar-refractivity contribution is -0.127. The van der Waals surface area contributed by atoms with Gasteiger partial charge >= 0.3 is 0 Å². The van der Waals surface area contributed by atoms with Crippen molar-refractivity contribution < 1.29 is 9.90 Å². The van der Waals surface area contributed by atoms with Crippen molar-refractivity contribution in [3.8, 4) is 0 Å². The van der Waals surface area contributed by atoms with Crippen LogP contribution in [0.4, 0.5) is 0 Å². The van der Waals surface area contributed by atoms with E-state index in [1.54, 1.807) is 25.6 Å². The number of aliphatic hydroxyl groups is 1. The number of carbonyl (C=O) groups excluding carboxylic acids is 1. The summed E-state index contributed by atoms with van der Waals surface area (Å²) in [6, 6.07) is 0. The highest BCUT2D eigenvalue weighted by Crippen LogP contribution is 2.38. The van der Waals surface area contributed by atoms with E-state index in [4.69, 9.17) is 5.73 Å². The Morgan fingerprint density at radius 2 is 2.12 bits per heavy atom. The van der Waals surface area contributed by atoms with E-state index in [-0.39, 0.29) is 12.5 Å².